The van der Waals surface area contributed by atoms with Gasteiger partial charge in [-0.15, -0.1) is 0 Å². The second-order valence-corrected chi connectivity index (χ2v) is 5.68. The van der Waals surface area contributed by atoms with E-state index in [1.165, 1.54) is 0 Å². The van der Waals surface area contributed by atoms with Crippen LogP contribution in [0, 0.1) is 0 Å². The lowest BCUT2D eigenvalue weighted by Crippen LogP contribution is -2.41. The average Bonchev–Trinajstić information content (AvgIpc) is 2.83. The normalized spacial score (nSPS) is 18.9. The van der Waals surface area contributed by atoms with Crippen LogP contribution in [0.1, 0.15) is 18.4 Å². The molecule has 1 saturated heterocycles. The first-order valence-electron chi connectivity index (χ1n) is 6.50. The predicted molar refractivity (Wildman–Crippen MR) is 78.8 cm³/mol. The minimum atomic E-state index is 0.163. The maximum Gasteiger partial charge on any atom is 0.227 e. The first-order chi connectivity index (χ1) is 9.11. The van der Waals surface area contributed by atoms with Gasteiger partial charge in [0.05, 0.1) is 16.5 Å². The molecule has 104 valence electrons. The number of nitrogens with one attached hydrogen (secondary N) is 1. The molecule has 1 atom stereocenters. The maximum atomic E-state index is 12.3. The number of hydrogen-bond donors (Lipinski definition) is 1. The largest absolute Gasteiger partial charge is 0.338 e. The molecule has 1 aliphatic heterocycles. The molecule has 1 aromatic rings. The zero-order valence-corrected chi connectivity index (χ0v) is 12.5. The van der Waals surface area contributed by atoms with Crippen molar-refractivity contribution in [2.45, 2.75) is 25.3 Å². The number of rotatable bonds is 4. The van der Waals surface area contributed by atoms with E-state index in [4.69, 9.17) is 23.2 Å². The average molecular weight is 301 g/mol. The molecular weight excluding hydrogens is 283 g/mol. The van der Waals surface area contributed by atoms with Crippen LogP contribution in [0.3, 0.4) is 0 Å². The van der Waals surface area contributed by atoms with Crippen molar-refractivity contribution in [3.05, 3.63) is 33.8 Å². The summed E-state index contributed by atoms with van der Waals surface area (Å²) in [6.45, 7) is 1.71. The van der Waals surface area contributed by atoms with Crippen LogP contribution in [0.5, 0.6) is 0 Å². The zero-order valence-electron chi connectivity index (χ0n) is 11.0. The van der Waals surface area contributed by atoms with Gasteiger partial charge in [-0.3, -0.25) is 4.79 Å². The summed E-state index contributed by atoms with van der Waals surface area (Å²) in [4.78, 5) is 14.3. The van der Waals surface area contributed by atoms with Crippen LogP contribution < -0.4 is 5.32 Å². The van der Waals surface area contributed by atoms with Gasteiger partial charge in [-0.2, -0.15) is 0 Å². The molecular formula is C14H18Cl2N2O. The van der Waals surface area contributed by atoms with E-state index in [2.05, 4.69) is 5.32 Å². The van der Waals surface area contributed by atoms with Gasteiger partial charge in [-0.1, -0.05) is 29.3 Å². The number of carbonyl (C=O) groups is 1. The summed E-state index contributed by atoms with van der Waals surface area (Å²) < 4.78 is 0. The van der Waals surface area contributed by atoms with E-state index in [1.807, 2.05) is 18.0 Å². The van der Waals surface area contributed by atoms with Gasteiger partial charge in [-0.25, -0.2) is 0 Å². The van der Waals surface area contributed by atoms with E-state index >= 15 is 0 Å². The lowest BCUT2D eigenvalue weighted by Gasteiger charge is -2.24. The molecule has 3 nitrogen and oxygen atoms in total. The highest BCUT2D eigenvalue weighted by molar-refractivity contribution is 6.42. The van der Waals surface area contributed by atoms with Gasteiger partial charge in [0.15, 0.2) is 0 Å². The van der Waals surface area contributed by atoms with Crippen LogP contribution >= 0.6 is 23.2 Å². The number of carbonyl (C=O) groups excluding carboxylic acids is 1. The van der Waals surface area contributed by atoms with Gasteiger partial charge in [0, 0.05) is 19.1 Å². The van der Waals surface area contributed by atoms with Crippen molar-refractivity contribution in [2.75, 3.05) is 20.1 Å². The molecule has 1 aliphatic rings. The molecule has 1 amide bonds. The van der Waals surface area contributed by atoms with Crippen molar-refractivity contribution in [3.8, 4) is 0 Å². The second-order valence-electron chi connectivity index (χ2n) is 4.87. The Morgan fingerprint density at radius 3 is 2.89 bits per heavy atom. The van der Waals surface area contributed by atoms with Crippen LogP contribution in [0.4, 0.5) is 0 Å². The fourth-order valence-corrected chi connectivity index (χ4v) is 2.86. The third-order valence-electron chi connectivity index (χ3n) is 3.48. The SMILES string of the molecule is CNCC1CCCN1C(=O)Cc1ccc(Cl)c(Cl)c1. The lowest BCUT2D eigenvalue weighted by molar-refractivity contribution is -0.131. The Kier molecular flexibility index (Phi) is 5.08. The first kappa shape index (κ1) is 14.6. The number of likely N-dealkylation sites (N-methyl/N-ethyl adjacent to an activating group) is 1. The Morgan fingerprint density at radius 1 is 1.42 bits per heavy atom. The monoisotopic (exact) mass is 300 g/mol. The highest BCUT2D eigenvalue weighted by Crippen LogP contribution is 2.24. The Morgan fingerprint density at radius 2 is 2.21 bits per heavy atom. The van der Waals surface area contributed by atoms with Crippen LogP contribution in [-0.4, -0.2) is 37.0 Å². The molecule has 5 heteroatoms. The summed E-state index contributed by atoms with van der Waals surface area (Å²) in [5, 5.41) is 4.16. The van der Waals surface area contributed by atoms with Gasteiger partial charge in [0.1, 0.15) is 0 Å². The smallest absolute Gasteiger partial charge is 0.227 e. The van der Waals surface area contributed by atoms with E-state index in [9.17, 15) is 4.79 Å². The standard InChI is InChI=1S/C14H18Cl2N2O/c1-17-9-11-3-2-6-18(11)14(19)8-10-4-5-12(15)13(16)7-10/h4-5,7,11,17H,2-3,6,8-9H2,1H3. The molecule has 0 spiro atoms. The second kappa shape index (κ2) is 6.60. The lowest BCUT2D eigenvalue weighted by atomic mass is 10.1. The van der Waals surface area contributed by atoms with E-state index in [0.717, 1.165) is 31.5 Å². The highest BCUT2D eigenvalue weighted by atomic mass is 35.5. The first-order valence-corrected chi connectivity index (χ1v) is 7.25. The van der Waals surface area contributed by atoms with Gasteiger partial charge in [0.2, 0.25) is 5.91 Å². The molecule has 0 aliphatic carbocycles. The van der Waals surface area contributed by atoms with E-state index < -0.39 is 0 Å². The van der Waals surface area contributed by atoms with Crippen LogP contribution in [0.15, 0.2) is 18.2 Å². The fourth-order valence-electron chi connectivity index (χ4n) is 2.54. The number of benzene rings is 1. The number of nitrogens with zero attached hydrogens (tertiary/aromatic N) is 1. The van der Waals surface area contributed by atoms with E-state index in [0.29, 0.717) is 22.5 Å². The summed E-state index contributed by atoms with van der Waals surface area (Å²) >= 11 is 11.8. The Balaban J connectivity index is 2.02. The van der Waals surface area contributed by atoms with Gasteiger partial charge >= 0.3 is 0 Å². The van der Waals surface area contributed by atoms with Crippen molar-refractivity contribution in [1.29, 1.82) is 0 Å². The topological polar surface area (TPSA) is 32.3 Å². The van der Waals surface area contributed by atoms with Gasteiger partial charge in [0.25, 0.3) is 0 Å². The highest BCUT2D eigenvalue weighted by Gasteiger charge is 2.27. The number of halogens is 2. The number of likely N-dealkylation sites (tertiary alicyclic amines) is 1. The third-order valence-corrected chi connectivity index (χ3v) is 4.22. The van der Waals surface area contributed by atoms with E-state index in [1.54, 1.807) is 12.1 Å². The van der Waals surface area contributed by atoms with Gasteiger partial charge in [-0.05, 0) is 37.6 Å². The molecule has 0 saturated carbocycles. The molecule has 2 rings (SSSR count). The molecule has 0 radical (unpaired) electrons. The molecule has 1 aromatic carbocycles. The minimum Gasteiger partial charge on any atom is -0.338 e. The number of hydrogen-bond acceptors (Lipinski definition) is 2. The quantitative estimate of drug-likeness (QED) is 0.927. The van der Waals surface area contributed by atoms with Crippen molar-refractivity contribution in [3.63, 3.8) is 0 Å². The summed E-state index contributed by atoms with van der Waals surface area (Å²) in [7, 11) is 1.92. The zero-order chi connectivity index (χ0) is 13.8. The van der Waals surface area contributed by atoms with Crippen molar-refractivity contribution in [2.24, 2.45) is 0 Å². The van der Waals surface area contributed by atoms with Crippen molar-refractivity contribution in [1.82, 2.24) is 10.2 Å². The molecule has 1 fully saturated rings. The van der Waals surface area contributed by atoms with Crippen LogP contribution in [0.2, 0.25) is 10.0 Å². The summed E-state index contributed by atoms with van der Waals surface area (Å²) in [5.74, 6) is 0.163. The third kappa shape index (κ3) is 3.62. The summed E-state index contributed by atoms with van der Waals surface area (Å²) in [5.41, 5.74) is 0.912. The van der Waals surface area contributed by atoms with Crippen LogP contribution in [0.25, 0.3) is 0 Å². The maximum absolute atomic E-state index is 12.3. The molecule has 1 heterocycles. The number of amides is 1. The molecule has 19 heavy (non-hydrogen) atoms. The predicted octanol–water partition coefficient (Wildman–Crippen LogP) is 2.75. The Bertz CT molecular complexity index is 465. The van der Waals surface area contributed by atoms with E-state index in [-0.39, 0.29) is 5.91 Å². The minimum absolute atomic E-state index is 0.163. The van der Waals surface area contributed by atoms with Crippen molar-refractivity contribution < 1.29 is 4.79 Å². The molecule has 1 unspecified atom stereocenters. The van der Waals surface area contributed by atoms with Gasteiger partial charge < -0.3 is 10.2 Å². The molecule has 0 bridgehead atoms. The molecule has 1 N–H and O–H groups in total. The Labute approximate surface area is 123 Å². The summed E-state index contributed by atoms with van der Waals surface area (Å²) in [6.07, 6.45) is 2.55. The fraction of sp³-hybridized carbons (Fsp3) is 0.500. The Hall–Kier alpha value is -0.770. The molecule has 0 aromatic heterocycles. The summed E-state index contributed by atoms with van der Waals surface area (Å²) in [6, 6.07) is 5.68. The van der Waals surface area contributed by atoms with Crippen molar-refractivity contribution >= 4 is 29.1 Å². The van der Waals surface area contributed by atoms with Crippen LogP contribution in [-0.2, 0) is 11.2 Å².